The summed E-state index contributed by atoms with van der Waals surface area (Å²) in [4.78, 5) is 16.5. The van der Waals surface area contributed by atoms with Gasteiger partial charge in [-0.15, -0.1) is 11.6 Å². The van der Waals surface area contributed by atoms with E-state index < -0.39 is 0 Å². The molecule has 21 heavy (non-hydrogen) atoms. The molecule has 1 aromatic carbocycles. The fourth-order valence-corrected chi connectivity index (χ4v) is 2.33. The second-order valence-corrected chi connectivity index (χ2v) is 5.10. The van der Waals surface area contributed by atoms with Gasteiger partial charge in [-0.25, -0.2) is 4.98 Å². The van der Waals surface area contributed by atoms with Crippen molar-refractivity contribution < 1.29 is 4.79 Å². The van der Waals surface area contributed by atoms with E-state index in [0.717, 1.165) is 23.3 Å². The molecule has 0 saturated carbocycles. The van der Waals surface area contributed by atoms with Crippen LogP contribution in [0.25, 0.3) is 11.0 Å². The molecule has 0 saturated heterocycles. The Morgan fingerprint density at radius 2 is 2.33 bits per heavy atom. The lowest BCUT2D eigenvalue weighted by molar-refractivity contribution is -0.121. The molecule has 0 fully saturated rings. The van der Waals surface area contributed by atoms with Gasteiger partial charge in [-0.2, -0.15) is 5.26 Å². The van der Waals surface area contributed by atoms with Crippen molar-refractivity contribution in [2.24, 2.45) is 0 Å². The van der Waals surface area contributed by atoms with E-state index in [9.17, 15) is 4.79 Å². The maximum Gasteiger partial charge on any atom is 0.240 e. The summed E-state index contributed by atoms with van der Waals surface area (Å²) in [5.74, 6) is 1.14. The van der Waals surface area contributed by atoms with Crippen LogP contribution in [0.4, 0.5) is 0 Å². The van der Waals surface area contributed by atoms with Crippen molar-refractivity contribution in [3.8, 4) is 6.07 Å². The summed E-state index contributed by atoms with van der Waals surface area (Å²) in [7, 11) is 0. The van der Waals surface area contributed by atoms with Crippen molar-refractivity contribution in [2.45, 2.75) is 26.3 Å². The van der Waals surface area contributed by atoms with Crippen molar-refractivity contribution in [2.75, 3.05) is 12.4 Å². The van der Waals surface area contributed by atoms with Gasteiger partial charge in [0.2, 0.25) is 5.91 Å². The standard InChI is InChI=1S/C15H17ClN4O/c1-2-7-18-15(21)10-20-13-8-11(9-17)3-4-12(13)19-14(20)5-6-16/h3-4,8H,2,5-7,10H2,1H3,(H,18,21). The second kappa shape index (κ2) is 7.09. The summed E-state index contributed by atoms with van der Waals surface area (Å²) < 4.78 is 1.84. The number of imidazole rings is 1. The van der Waals surface area contributed by atoms with E-state index in [1.807, 2.05) is 11.5 Å². The van der Waals surface area contributed by atoms with Gasteiger partial charge in [0, 0.05) is 18.8 Å². The van der Waals surface area contributed by atoms with E-state index in [4.69, 9.17) is 16.9 Å². The minimum atomic E-state index is -0.0608. The molecule has 0 bridgehead atoms. The summed E-state index contributed by atoms with van der Waals surface area (Å²) in [6.45, 7) is 2.85. The predicted octanol–water partition coefficient (Wildman–Crippen LogP) is 2.22. The van der Waals surface area contributed by atoms with Gasteiger partial charge in [-0.3, -0.25) is 4.79 Å². The number of nitriles is 1. The zero-order chi connectivity index (χ0) is 15.2. The average molecular weight is 305 g/mol. The zero-order valence-electron chi connectivity index (χ0n) is 11.9. The largest absolute Gasteiger partial charge is 0.355 e. The maximum atomic E-state index is 12.0. The molecule has 0 aliphatic rings. The highest BCUT2D eigenvalue weighted by atomic mass is 35.5. The van der Waals surface area contributed by atoms with Crippen molar-refractivity contribution in [3.63, 3.8) is 0 Å². The van der Waals surface area contributed by atoms with Gasteiger partial charge >= 0.3 is 0 Å². The lowest BCUT2D eigenvalue weighted by atomic mass is 10.2. The number of nitrogens with zero attached hydrogens (tertiary/aromatic N) is 3. The van der Waals surface area contributed by atoms with Crippen molar-refractivity contribution in [3.05, 3.63) is 29.6 Å². The predicted molar refractivity (Wildman–Crippen MR) is 82.2 cm³/mol. The van der Waals surface area contributed by atoms with E-state index in [2.05, 4.69) is 16.4 Å². The molecule has 1 N–H and O–H groups in total. The first-order valence-electron chi connectivity index (χ1n) is 6.91. The number of halogens is 1. The molecule has 110 valence electrons. The molecule has 2 rings (SSSR count). The van der Waals surface area contributed by atoms with Gasteiger partial charge in [-0.05, 0) is 24.6 Å². The highest BCUT2D eigenvalue weighted by Gasteiger charge is 2.13. The smallest absolute Gasteiger partial charge is 0.240 e. The normalized spacial score (nSPS) is 10.5. The SMILES string of the molecule is CCCNC(=O)Cn1c(CCCl)nc2ccc(C#N)cc21. The lowest BCUT2D eigenvalue weighted by Crippen LogP contribution is -2.28. The fourth-order valence-electron chi connectivity index (χ4n) is 2.16. The minimum absolute atomic E-state index is 0.0608. The van der Waals surface area contributed by atoms with Gasteiger partial charge in [0.25, 0.3) is 0 Å². The summed E-state index contributed by atoms with van der Waals surface area (Å²) >= 11 is 5.81. The molecule has 0 spiro atoms. The number of hydrogen-bond donors (Lipinski definition) is 1. The molecule has 0 atom stereocenters. The van der Waals surface area contributed by atoms with Crippen LogP contribution in [0.5, 0.6) is 0 Å². The number of carbonyl (C=O) groups is 1. The topological polar surface area (TPSA) is 70.7 Å². The van der Waals surface area contributed by atoms with Crippen molar-refractivity contribution in [1.82, 2.24) is 14.9 Å². The van der Waals surface area contributed by atoms with E-state index in [1.54, 1.807) is 18.2 Å². The zero-order valence-corrected chi connectivity index (χ0v) is 12.7. The molecule has 2 aromatic rings. The first kappa shape index (κ1) is 15.3. The van der Waals surface area contributed by atoms with E-state index in [1.165, 1.54) is 0 Å². The van der Waals surface area contributed by atoms with Crippen LogP contribution < -0.4 is 5.32 Å². The van der Waals surface area contributed by atoms with Crippen LogP contribution in [0.3, 0.4) is 0 Å². The molecule has 5 nitrogen and oxygen atoms in total. The van der Waals surface area contributed by atoms with E-state index in [-0.39, 0.29) is 12.5 Å². The third-order valence-corrected chi connectivity index (χ3v) is 3.34. The van der Waals surface area contributed by atoms with Gasteiger partial charge in [0.1, 0.15) is 12.4 Å². The molecule has 1 aromatic heterocycles. The van der Waals surface area contributed by atoms with Crippen LogP contribution in [0.1, 0.15) is 24.7 Å². The molecule has 1 heterocycles. The minimum Gasteiger partial charge on any atom is -0.355 e. The van der Waals surface area contributed by atoms with Crippen LogP contribution in [-0.4, -0.2) is 27.9 Å². The number of carbonyl (C=O) groups excluding carboxylic acids is 1. The number of aryl methyl sites for hydroxylation is 1. The third-order valence-electron chi connectivity index (χ3n) is 3.15. The molecule has 1 amide bonds. The molecular formula is C15H17ClN4O. The van der Waals surface area contributed by atoms with Gasteiger partial charge in [-0.1, -0.05) is 6.92 Å². The maximum absolute atomic E-state index is 12.0. The Morgan fingerprint density at radius 1 is 1.52 bits per heavy atom. The van der Waals surface area contributed by atoms with E-state index >= 15 is 0 Å². The Morgan fingerprint density at radius 3 is 3.00 bits per heavy atom. The number of amides is 1. The number of fused-ring (bicyclic) bond motifs is 1. The Kier molecular flexibility index (Phi) is 5.18. The third kappa shape index (κ3) is 3.53. The first-order chi connectivity index (χ1) is 10.2. The second-order valence-electron chi connectivity index (χ2n) is 4.72. The number of hydrogen-bond acceptors (Lipinski definition) is 3. The Bertz CT molecular complexity index is 687. The highest BCUT2D eigenvalue weighted by Crippen LogP contribution is 2.18. The molecule has 0 aliphatic carbocycles. The number of aromatic nitrogens is 2. The Labute approximate surface area is 128 Å². The lowest BCUT2D eigenvalue weighted by Gasteiger charge is -2.09. The first-order valence-corrected chi connectivity index (χ1v) is 7.45. The monoisotopic (exact) mass is 304 g/mol. The number of alkyl halides is 1. The Hall–Kier alpha value is -2.06. The quantitative estimate of drug-likeness (QED) is 0.832. The fraction of sp³-hybridized carbons (Fsp3) is 0.400. The van der Waals surface area contributed by atoms with Gasteiger partial charge in [0.15, 0.2) is 0 Å². The molecular weight excluding hydrogens is 288 g/mol. The number of rotatable bonds is 6. The van der Waals surface area contributed by atoms with Crippen LogP contribution in [0.2, 0.25) is 0 Å². The summed E-state index contributed by atoms with van der Waals surface area (Å²) in [5.41, 5.74) is 2.12. The van der Waals surface area contributed by atoms with Crippen molar-refractivity contribution in [1.29, 1.82) is 5.26 Å². The summed E-state index contributed by atoms with van der Waals surface area (Å²) in [6.07, 6.45) is 1.47. The summed E-state index contributed by atoms with van der Waals surface area (Å²) in [5, 5.41) is 11.9. The van der Waals surface area contributed by atoms with Crippen LogP contribution in [-0.2, 0) is 17.8 Å². The molecule has 0 unspecified atom stereocenters. The van der Waals surface area contributed by atoms with E-state index in [0.29, 0.717) is 24.4 Å². The average Bonchev–Trinajstić information content (AvgIpc) is 2.82. The van der Waals surface area contributed by atoms with Gasteiger partial charge < -0.3 is 9.88 Å². The number of nitrogens with one attached hydrogen (secondary N) is 1. The van der Waals surface area contributed by atoms with Gasteiger partial charge in [0.05, 0.1) is 22.7 Å². The summed E-state index contributed by atoms with van der Waals surface area (Å²) in [6, 6.07) is 7.39. The highest BCUT2D eigenvalue weighted by molar-refractivity contribution is 6.17. The Balaban J connectivity index is 2.39. The molecule has 6 heteroatoms. The van der Waals surface area contributed by atoms with Crippen LogP contribution >= 0.6 is 11.6 Å². The molecule has 0 aliphatic heterocycles. The van der Waals surface area contributed by atoms with Crippen LogP contribution in [0, 0.1) is 11.3 Å². The van der Waals surface area contributed by atoms with Crippen molar-refractivity contribution >= 4 is 28.5 Å². The molecule has 0 radical (unpaired) electrons. The number of benzene rings is 1. The van der Waals surface area contributed by atoms with Crippen LogP contribution in [0.15, 0.2) is 18.2 Å².